The Bertz CT molecular complexity index is 902. The number of ether oxygens (including phenoxy) is 1. The fourth-order valence-corrected chi connectivity index (χ4v) is 2.90. The van der Waals surface area contributed by atoms with Crippen LogP contribution in [-0.2, 0) is 7.05 Å². The highest BCUT2D eigenvalue weighted by Crippen LogP contribution is 2.24. The fraction of sp³-hybridized carbons (Fsp3) is 0.286. The van der Waals surface area contributed by atoms with Crippen molar-refractivity contribution in [2.24, 2.45) is 7.05 Å². The van der Waals surface area contributed by atoms with Crippen LogP contribution < -0.4 is 10.1 Å². The molecule has 0 aliphatic heterocycles. The SMILES string of the molecule is COc1ccc([C@@H](NC(=O)c2cc(C(C)C)nn2C)c2ccncc2)cc1. The van der Waals surface area contributed by atoms with Crippen molar-refractivity contribution in [2.45, 2.75) is 25.8 Å². The summed E-state index contributed by atoms with van der Waals surface area (Å²) in [6, 6.07) is 13.0. The average molecular weight is 364 g/mol. The molecular weight excluding hydrogens is 340 g/mol. The van der Waals surface area contributed by atoms with E-state index in [1.54, 1.807) is 31.2 Å². The van der Waals surface area contributed by atoms with Crippen LogP contribution in [0.5, 0.6) is 5.75 Å². The summed E-state index contributed by atoms with van der Waals surface area (Å²) in [6.07, 6.45) is 3.44. The summed E-state index contributed by atoms with van der Waals surface area (Å²) in [5.41, 5.74) is 3.34. The van der Waals surface area contributed by atoms with Crippen LogP contribution in [0.4, 0.5) is 0 Å². The molecule has 6 heteroatoms. The monoisotopic (exact) mass is 364 g/mol. The molecule has 2 aromatic heterocycles. The van der Waals surface area contributed by atoms with E-state index in [9.17, 15) is 4.79 Å². The molecule has 140 valence electrons. The summed E-state index contributed by atoms with van der Waals surface area (Å²) in [6.45, 7) is 4.11. The molecule has 0 spiro atoms. The second kappa shape index (κ2) is 8.03. The Balaban J connectivity index is 1.92. The highest BCUT2D eigenvalue weighted by molar-refractivity contribution is 5.93. The van der Waals surface area contributed by atoms with Crippen LogP contribution >= 0.6 is 0 Å². The molecule has 1 N–H and O–H groups in total. The zero-order valence-corrected chi connectivity index (χ0v) is 16.0. The predicted molar refractivity (Wildman–Crippen MR) is 104 cm³/mol. The number of aromatic nitrogens is 3. The molecule has 1 amide bonds. The summed E-state index contributed by atoms with van der Waals surface area (Å²) in [4.78, 5) is 17.0. The number of nitrogens with one attached hydrogen (secondary N) is 1. The highest BCUT2D eigenvalue weighted by atomic mass is 16.5. The minimum Gasteiger partial charge on any atom is -0.497 e. The first-order valence-corrected chi connectivity index (χ1v) is 8.88. The third kappa shape index (κ3) is 4.16. The topological polar surface area (TPSA) is 69.0 Å². The maximum absolute atomic E-state index is 13.0. The standard InChI is InChI=1S/C21H24N4O2/c1-14(2)18-13-19(25(3)24-18)21(26)23-20(16-9-11-22-12-10-16)15-5-7-17(27-4)8-6-15/h5-14,20H,1-4H3,(H,23,26)/t20-/m1/s1. The van der Waals surface area contributed by atoms with E-state index in [-0.39, 0.29) is 17.9 Å². The lowest BCUT2D eigenvalue weighted by Crippen LogP contribution is -2.30. The van der Waals surface area contributed by atoms with E-state index in [0.717, 1.165) is 22.6 Å². The summed E-state index contributed by atoms with van der Waals surface area (Å²) in [5, 5.41) is 7.56. The maximum atomic E-state index is 13.0. The molecule has 0 bridgehead atoms. The van der Waals surface area contributed by atoms with Crippen molar-refractivity contribution in [3.63, 3.8) is 0 Å². The Morgan fingerprint density at radius 3 is 2.26 bits per heavy atom. The molecule has 0 unspecified atom stereocenters. The second-order valence-electron chi connectivity index (χ2n) is 6.69. The number of aryl methyl sites for hydroxylation is 1. The van der Waals surface area contributed by atoms with Gasteiger partial charge in [-0.2, -0.15) is 5.10 Å². The molecule has 0 saturated heterocycles. The molecule has 1 atom stereocenters. The van der Waals surface area contributed by atoms with Crippen molar-refractivity contribution in [1.82, 2.24) is 20.1 Å². The van der Waals surface area contributed by atoms with Gasteiger partial charge in [0, 0.05) is 19.4 Å². The number of hydrogen-bond donors (Lipinski definition) is 1. The van der Waals surface area contributed by atoms with E-state index < -0.39 is 0 Å². The number of amides is 1. The smallest absolute Gasteiger partial charge is 0.270 e. The largest absolute Gasteiger partial charge is 0.497 e. The second-order valence-corrected chi connectivity index (χ2v) is 6.69. The first-order valence-electron chi connectivity index (χ1n) is 8.88. The van der Waals surface area contributed by atoms with Crippen LogP contribution in [0.3, 0.4) is 0 Å². The first-order chi connectivity index (χ1) is 13.0. The van der Waals surface area contributed by atoms with E-state index in [1.807, 2.05) is 42.5 Å². The van der Waals surface area contributed by atoms with Gasteiger partial charge in [0.2, 0.25) is 0 Å². The van der Waals surface area contributed by atoms with E-state index in [4.69, 9.17) is 4.74 Å². The minimum atomic E-state index is -0.302. The average Bonchev–Trinajstić information content (AvgIpc) is 3.09. The van der Waals surface area contributed by atoms with Crippen LogP contribution in [0.2, 0.25) is 0 Å². The number of nitrogens with zero attached hydrogens (tertiary/aromatic N) is 3. The number of carbonyl (C=O) groups excluding carboxylic acids is 1. The molecule has 3 rings (SSSR count). The number of hydrogen-bond acceptors (Lipinski definition) is 4. The number of pyridine rings is 1. The molecule has 3 aromatic rings. The van der Waals surface area contributed by atoms with E-state index in [1.165, 1.54) is 0 Å². The number of benzene rings is 1. The van der Waals surface area contributed by atoms with E-state index in [0.29, 0.717) is 5.69 Å². The third-order valence-corrected chi connectivity index (χ3v) is 4.49. The van der Waals surface area contributed by atoms with Gasteiger partial charge in [0.15, 0.2) is 0 Å². The Morgan fingerprint density at radius 1 is 1.07 bits per heavy atom. The molecule has 0 fully saturated rings. The lowest BCUT2D eigenvalue weighted by Gasteiger charge is -2.20. The molecule has 6 nitrogen and oxygen atoms in total. The van der Waals surface area contributed by atoms with Crippen LogP contribution in [0.25, 0.3) is 0 Å². The molecule has 0 aliphatic rings. The molecule has 2 heterocycles. The third-order valence-electron chi connectivity index (χ3n) is 4.49. The fourth-order valence-electron chi connectivity index (χ4n) is 2.90. The van der Waals surface area contributed by atoms with Gasteiger partial charge >= 0.3 is 0 Å². The molecule has 1 aromatic carbocycles. The number of rotatable bonds is 6. The quantitative estimate of drug-likeness (QED) is 0.727. The van der Waals surface area contributed by atoms with Crippen LogP contribution in [0, 0.1) is 0 Å². The molecule has 0 radical (unpaired) electrons. The Morgan fingerprint density at radius 2 is 1.70 bits per heavy atom. The van der Waals surface area contributed by atoms with Crippen LogP contribution in [-0.4, -0.2) is 27.8 Å². The Kier molecular flexibility index (Phi) is 5.54. The lowest BCUT2D eigenvalue weighted by atomic mass is 9.99. The van der Waals surface area contributed by atoms with Crippen molar-refractivity contribution < 1.29 is 9.53 Å². The van der Waals surface area contributed by atoms with Crippen molar-refractivity contribution in [3.8, 4) is 5.75 Å². The van der Waals surface area contributed by atoms with Gasteiger partial charge in [-0.05, 0) is 47.4 Å². The Hall–Kier alpha value is -3.15. The highest BCUT2D eigenvalue weighted by Gasteiger charge is 2.21. The van der Waals surface area contributed by atoms with Gasteiger partial charge in [0.05, 0.1) is 18.8 Å². The summed E-state index contributed by atoms with van der Waals surface area (Å²) < 4.78 is 6.86. The zero-order valence-electron chi connectivity index (χ0n) is 16.0. The normalized spacial score (nSPS) is 12.0. The van der Waals surface area contributed by atoms with Crippen LogP contribution in [0.15, 0.2) is 54.9 Å². The molecule has 27 heavy (non-hydrogen) atoms. The van der Waals surface area contributed by atoms with Crippen molar-refractivity contribution >= 4 is 5.91 Å². The number of methoxy groups -OCH3 is 1. The van der Waals surface area contributed by atoms with Gasteiger partial charge in [0.25, 0.3) is 5.91 Å². The van der Waals surface area contributed by atoms with Gasteiger partial charge in [-0.1, -0.05) is 26.0 Å². The van der Waals surface area contributed by atoms with Gasteiger partial charge in [-0.25, -0.2) is 0 Å². The lowest BCUT2D eigenvalue weighted by molar-refractivity contribution is 0.0933. The number of carbonyl (C=O) groups is 1. The van der Waals surface area contributed by atoms with Gasteiger partial charge in [-0.3, -0.25) is 14.5 Å². The molecular formula is C21H24N4O2. The minimum absolute atomic E-state index is 0.172. The zero-order chi connectivity index (χ0) is 19.4. The van der Waals surface area contributed by atoms with Crippen molar-refractivity contribution in [3.05, 3.63) is 77.4 Å². The van der Waals surface area contributed by atoms with Gasteiger partial charge in [-0.15, -0.1) is 0 Å². The molecule has 0 aliphatic carbocycles. The van der Waals surface area contributed by atoms with Crippen LogP contribution in [0.1, 0.15) is 53.1 Å². The predicted octanol–water partition coefficient (Wildman–Crippen LogP) is 3.47. The van der Waals surface area contributed by atoms with Crippen molar-refractivity contribution in [1.29, 1.82) is 0 Å². The maximum Gasteiger partial charge on any atom is 0.270 e. The van der Waals surface area contributed by atoms with Crippen molar-refractivity contribution in [2.75, 3.05) is 7.11 Å². The van der Waals surface area contributed by atoms with E-state index in [2.05, 4.69) is 29.2 Å². The van der Waals surface area contributed by atoms with Gasteiger partial charge in [0.1, 0.15) is 11.4 Å². The van der Waals surface area contributed by atoms with E-state index >= 15 is 0 Å². The summed E-state index contributed by atoms with van der Waals surface area (Å²) in [7, 11) is 3.42. The Labute approximate surface area is 159 Å². The molecule has 0 saturated carbocycles. The summed E-state index contributed by atoms with van der Waals surface area (Å²) >= 11 is 0. The van der Waals surface area contributed by atoms with Gasteiger partial charge < -0.3 is 10.1 Å². The summed E-state index contributed by atoms with van der Waals surface area (Å²) in [5.74, 6) is 0.858. The first kappa shape index (κ1) is 18.6.